The number of hydrogen-bond donors (Lipinski definition) is 0. The molecular weight excluding hydrogens is 570 g/mol. The molecular formula is C28H28ClN5O6S. The van der Waals surface area contributed by atoms with Crippen LogP contribution in [0.2, 0.25) is 5.02 Å². The van der Waals surface area contributed by atoms with Crippen molar-refractivity contribution < 1.29 is 23.9 Å². The summed E-state index contributed by atoms with van der Waals surface area (Å²) in [5, 5.41) is 18.4. The molecule has 4 aromatic rings. The molecule has 0 saturated carbocycles. The number of para-hydroxylation sites is 1. The summed E-state index contributed by atoms with van der Waals surface area (Å²) in [6.07, 6.45) is 2.56. The Balaban J connectivity index is 1.51. The maximum Gasteiger partial charge on any atom is 0.330 e. The number of rotatable bonds is 9. The molecule has 13 heteroatoms. The quantitative estimate of drug-likeness (QED) is 0.0760. The molecule has 1 fully saturated rings. The van der Waals surface area contributed by atoms with Gasteiger partial charge in [-0.05, 0) is 56.5 Å². The normalized spacial score (nSPS) is 17.9. The zero-order valence-corrected chi connectivity index (χ0v) is 24.2. The van der Waals surface area contributed by atoms with Crippen LogP contribution in [0.15, 0.2) is 59.5 Å². The van der Waals surface area contributed by atoms with E-state index in [-0.39, 0.29) is 18.4 Å². The van der Waals surface area contributed by atoms with Crippen molar-refractivity contribution >= 4 is 57.1 Å². The van der Waals surface area contributed by atoms with Crippen molar-refractivity contribution in [2.24, 2.45) is 0 Å². The number of pyridine rings is 1. The van der Waals surface area contributed by atoms with Gasteiger partial charge in [0.15, 0.2) is 11.9 Å². The molecule has 0 N–H and O–H groups in total. The molecule has 2 aromatic heterocycles. The first-order valence-corrected chi connectivity index (χ1v) is 14.1. The predicted octanol–water partition coefficient (Wildman–Crippen LogP) is 5.88. The standard InChI is InChI=1S/C28H28ClN5O6S/c1-4-39-25(35)11-7-8-19-15-32(41-23-10-6-5-9-22(23)34(36)37)16-24(40-19)33-28-26(17(2)31-33)27(29)20-14-18(38-3)12-13-21(20)30-28/h5-7,9-14,19,24H,4,8,15-16H2,1-3H3/b11-7+/t19-,24-/m1/s1. The van der Waals surface area contributed by atoms with Gasteiger partial charge in [-0.1, -0.05) is 29.8 Å². The molecule has 0 bridgehead atoms. The minimum atomic E-state index is -0.588. The fourth-order valence-electron chi connectivity index (χ4n) is 4.72. The summed E-state index contributed by atoms with van der Waals surface area (Å²) >= 11 is 8.16. The number of hydrogen-bond acceptors (Lipinski definition) is 10. The molecule has 1 saturated heterocycles. The van der Waals surface area contributed by atoms with Crippen LogP contribution < -0.4 is 4.74 Å². The number of methoxy groups -OCH3 is 1. The second kappa shape index (κ2) is 12.4. The maximum atomic E-state index is 11.8. The molecule has 214 valence electrons. The van der Waals surface area contributed by atoms with Crippen LogP contribution in [0.25, 0.3) is 21.9 Å². The predicted molar refractivity (Wildman–Crippen MR) is 156 cm³/mol. The van der Waals surface area contributed by atoms with Crippen molar-refractivity contribution in [2.45, 2.75) is 37.5 Å². The first kappa shape index (κ1) is 28.8. The second-order valence-electron chi connectivity index (χ2n) is 9.30. The van der Waals surface area contributed by atoms with E-state index in [2.05, 4.69) is 0 Å². The van der Waals surface area contributed by atoms with Gasteiger partial charge in [0.05, 0.1) is 52.9 Å². The van der Waals surface area contributed by atoms with Gasteiger partial charge in [0.2, 0.25) is 0 Å². The number of aromatic nitrogens is 3. The molecule has 1 aliphatic heterocycles. The van der Waals surface area contributed by atoms with Gasteiger partial charge < -0.3 is 14.2 Å². The monoisotopic (exact) mass is 597 g/mol. The Morgan fingerprint density at radius 1 is 1.29 bits per heavy atom. The van der Waals surface area contributed by atoms with Gasteiger partial charge in [-0.15, -0.1) is 0 Å². The van der Waals surface area contributed by atoms with Gasteiger partial charge in [-0.25, -0.2) is 18.8 Å². The number of ether oxygens (including phenoxy) is 3. The van der Waals surface area contributed by atoms with Crippen LogP contribution in [-0.4, -0.2) is 62.9 Å². The van der Waals surface area contributed by atoms with Crippen LogP contribution in [0.4, 0.5) is 5.69 Å². The molecule has 2 atom stereocenters. The Kier molecular flexibility index (Phi) is 8.74. The smallest absolute Gasteiger partial charge is 0.330 e. The maximum absolute atomic E-state index is 11.8. The molecule has 0 radical (unpaired) electrons. The van der Waals surface area contributed by atoms with Crippen molar-refractivity contribution in [2.75, 3.05) is 26.8 Å². The van der Waals surface area contributed by atoms with E-state index >= 15 is 0 Å². The highest BCUT2D eigenvalue weighted by atomic mass is 35.5. The second-order valence-corrected chi connectivity index (χ2v) is 10.8. The van der Waals surface area contributed by atoms with Crippen molar-refractivity contribution in [1.29, 1.82) is 0 Å². The number of carbonyl (C=O) groups excluding carboxylic acids is 1. The molecule has 0 unspecified atom stereocenters. The van der Waals surface area contributed by atoms with Crippen LogP contribution in [0.1, 0.15) is 25.3 Å². The van der Waals surface area contributed by atoms with Gasteiger partial charge in [0.25, 0.3) is 5.69 Å². The average Bonchev–Trinajstić information content (AvgIpc) is 3.29. The Morgan fingerprint density at radius 2 is 2.10 bits per heavy atom. The summed E-state index contributed by atoms with van der Waals surface area (Å²) in [6, 6.07) is 12.1. The van der Waals surface area contributed by atoms with Crippen molar-refractivity contribution in [3.63, 3.8) is 0 Å². The fraction of sp³-hybridized carbons (Fsp3) is 0.321. The van der Waals surface area contributed by atoms with E-state index in [4.69, 9.17) is 35.9 Å². The van der Waals surface area contributed by atoms with E-state index in [1.807, 2.05) is 29.4 Å². The highest BCUT2D eigenvalue weighted by Crippen LogP contribution is 2.38. The zero-order valence-electron chi connectivity index (χ0n) is 22.7. The molecule has 11 nitrogen and oxygen atoms in total. The Labute approximate surface area is 245 Å². The molecule has 0 spiro atoms. The number of carbonyl (C=O) groups is 1. The van der Waals surface area contributed by atoms with Crippen LogP contribution in [0.3, 0.4) is 0 Å². The minimum Gasteiger partial charge on any atom is -0.497 e. The minimum absolute atomic E-state index is 0.0232. The lowest BCUT2D eigenvalue weighted by Crippen LogP contribution is -2.42. The largest absolute Gasteiger partial charge is 0.497 e. The van der Waals surface area contributed by atoms with Gasteiger partial charge in [-0.3, -0.25) is 10.1 Å². The highest BCUT2D eigenvalue weighted by Gasteiger charge is 2.33. The summed E-state index contributed by atoms with van der Waals surface area (Å²) in [7, 11) is 1.59. The van der Waals surface area contributed by atoms with Crippen molar-refractivity contribution in [1.82, 2.24) is 19.1 Å². The number of halogens is 1. The molecule has 2 aromatic carbocycles. The van der Waals surface area contributed by atoms with Crippen LogP contribution in [0.5, 0.6) is 5.75 Å². The summed E-state index contributed by atoms with van der Waals surface area (Å²) < 4.78 is 20.5. The SMILES string of the molecule is CCOC(=O)/C=C/C[C@@H]1CN(Sc2ccccc2[N+](=O)[O-])C[C@H](n2nc(C)c3c(Cl)c4cc(OC)ccc4nc32)O1. The van der Waals surface area contributed by atoms with Crippen molar-refractivity contribution in [3.05, 3.63) is 75.4 Å². The van der Waals surface area contributed by atoms with E-state index in [0.717, 1.165) is 5.39 Å². The summed E-state index contributed by atoms with van der Waals surface area (Å²) in [5.74, 6) is 0.240. The van der Waals surface area contributed by atoms with Crippen LogP contribution in [-0.2, 0) is 14.3 Å². The van der Waals surface area contributed by atoms with E-state index in [1.165, 1.54) is 24.1 Å². The van der Waals surface area contributed by atoms with Gasteiger partial charge in [0.1, 0.15) is 10.6 Å². The number of morpholine rings is 1. The number of fused-ring (bicyclic) bond motifs is 2. The number of esters is 1. The van der Waals surface area contributed by atoms with E-state index in [9.17, 15) is 14.9 Å². The third-order valence-electron chi connectivity index (χ3n) is 6.56. The lowest BCUT2D eigenvalue weighted by molar-refractivity contribution is -0.387. The van der Waals surface area contributed by atoms with Gasteiger partial charge in [-0.2, -0.15) is 5.10 Å². The number of nitro benzene ring substituents is 1. The Morgan fingerprint density at radius 3 is 2.85 bits per heavy atom. The molecule has 41 heavy (non-hydrogen) atoms. The summed E-state index contributed by atoms with van der Waals surface area (Å²) in [5.41, 5.74) is 1.96. The van der Waals surface area contributed by atoms with Gasteiger partial charge >= 0.3 is 5.97 Å². The van der Waals surface area contributed by atoms with E-state index in [1.54, 1.807) is 43.0 Å². The molecule has 0 aliphatic carbocycles. The highest BCUT2D eigenvalue weighted by molar-refractivity contribution is 7.97. The van der Waals surface area contributed by atoms with Gasteiger partial charge in [0, 0.05) is 24.1 Å². The van der Waals surface area contributed by atoms with Crippen LogP contribution >= 0.6 is 23.5 Å². The number of benzene rings is 2. The zero-order chi connectivity index (χ0) is 29.1. The Bertz CT molecular complexity index is 1640. The number of aryl methyl sites for hydroxylation is 1. The third-order valence-corrected chi connectivity index (χ3v) is 8.06. The summed E-state index contributed by atoms with van der Waals surface area (Å²) in [6.45, 7) is 4.71. The molecule has 5 rings (SSSR count). The third kappa shape index (κ3) is 6.15. The lowest BCUT2D eigenvalue weighted by atomic mass is 10.1. The molecule has 1 aliphatic rings. The van der Waals surface area contributed by atoms with E-state index in [0.29, 0.717) is 57.4 Å². The fourth-order valence-corrected chi connectivity index (χ4v) is 6.19. The first-order chi connectivity index (χ1) is 19.8. The molecule has 3 heterocycles. The topological polar surface area (TPSA) is 122 Å². The number of nitrogens with zero attached hydrogens (tertiary/aromatic N) is 5. The van der Waals surface area contributed by atoms with Crippen LogP contribution in [0, 0.1) is 17.0 Å². The van der Waals surface area contributed by atoms with Crippen molar-refractivity contribution in [3.8, 4) is 5.75 Å². The first-order valence-electron chi connectivity index (χ1n) is 13.0. The Hall–Kier alpha value is -3.71. The van der Waals surface area contributed by atoms with E-state index < -0.39 is 17.1 Å². The lowest BCUT2D eigenvalue weighted by Gasteiger charge is -2.37. The number of nitro groups is 1. The summed E-state index contributed by atoms with van der Waals surface area (Å²) in [4.78, 5) is 28.5. The average molecular weight is 598 g/mol. The molecule has 0 amide bonds.